The number of hydrogen-bond donors (Lipinski definition) is 1. The van der Waals surface area contributed by atoms with Crippen LogP contribution in [-0.4, -0.2) is 11.8 Å². The minimum atomic E-state index is -0.338. The third kappa shape index (κ3) is 3.73. The van der Waals surface area contributed by atoms with E-state index < -0.39 is 0 Å². The van der Waals surface area contributed by atoms with E-state index in [4.69, 9.17) is 0 Å². The fourth-order valence-corrected chi connectivity index (χ4v) is 3.95. The van der Waals surface area contributed by atoms with Crippen molar-refractivity contribution in [3.8, 4) is 0 Å². The van der Waals surface area contributed by atoms with Crippen LogP contribution in [0.15, 0.2) is 60.3 Å². The average Bonchev–Trinajstić information content (AvgIpc) is 2.98. The molecule has 0 unspecified atom stereocenters. The minimum Gasteiger partial charge on any atom is -0.350 e. The Bertz CT molecular complexity index is 1300. The summed E-state index contributed by atoms with van der Waals surface area (Å²) in [6, 6.07) is 17.6. The van der Waals surface area contributed by atoms with E-state index in [0.29, 0.717) is 17.0 Å². The van der Waals surface area contributed by atoms with Gasteiger partial charge in [0.2, 0.25) is 0 Å². The quantitative estimate of drug-likeness (QED) is 0.528. The molecule has 0 atom stereocenters. The highest BCUT2D eigenvalue weighted by Crippen LogP contribution is 2.36. The fraction of sp³-hybridized carbons (Fsp3) is 0.214. The largest absolute Gasteiger partial charge is 0.350 e. The summed E-state index contributed by atoms with van der Waals surface area (Å²) in [7, 11) is 0. The molecule has 0 spiro atoms. The Hall–Kier alpha value is -3.66. The SMILES string of the molecule is Cc1ccc(C)c(N2C(=O)C(Nc3ccc(C)c(C)c3)=C(c3ccc(C)c(C)c3)C2=O)c1. The van der Waals surface area contributed by atoms with Crippen LogP contribution < -0.4 is 10.2 Å². The first-order chi connectivity index (χ1) is 15.2. The summed E-state index contributed by atoms with van der Waals surface area (Å²) in [4.78, 5) is 28.7. The van der Waals surface area contributed by atoms with Gasteiger partial charge in [-0.05, 0) is 98.7 Å². The normalized spacial score (nSPS) is 13.9. The second-order valence-corrected chi connectivity index (χ2v) is 8.71. The van der Waals surface area contributed by atoms with Gasteiger partial charge in [-0.2, -0.15) is 0 Å². The van der Waals surface area contributed by atoms with Crippen LogP contribution >= 0.6 is 0 Å². The highest BCUT2D eigenvalue weighted by Gasteiger charge is 2.41. The maximum absolute atomic E-state index is 13.7. The van der Waals surface area contributed by atoms with Crippen molar-refractivity contribution in [2.24, 2.45) is 0 Å². The number of carbonyl (C=O) groups is 2. The molecule has 1 heterocycles. The van der Waals surface area contributed by atoms with Crippen LogP contribution in [0.4, 0.5) is 11.4 Å². The lowest BCUT2D eigenvalue weighted by atomic mass is 9.99. The number of nitrogens with one attached hydrogen (secondary N) is 1. The third-order valence-electron chi connectivity index (χ3n) is 6.26. The Labute approximate surface area is 189 Å². The summed E-state index contributed by atoms with van der Waals surface area (Å²) in [5, 5.41) is 3.27. The number of aryl methyl sites for hydroxylation is 6. The standard InChI is InChI=1S/C28H28N2O2/c1-16-7-8-19(4)24(13-16)30-27(31)25(22-11-9-17(2)20(5)14-22)26(28(30)32)29-23-12-10-18(3)21(6)15-23/h7-15,29H,1-6H3. The molecule has 0 bridgehead atoms. The molecule has 2 amide bonds. The number of nitrogens with zero attached hydrogens (tertiary/aromatic N) is 1. The van der Waals surface area contributed by atoms with Crippen LogP contribution in [0.2, 0.25) is 0 Å². The van der Waals surface area contributed by atoms with Gasteiger partial charge in [-0.25, -0.2) is 4.90 Å². The molecule has 1 aliphatic heterocycles. The summed E-state index contributed by atoms with van der Waals surface area (Å²) in [6.45, 7) is 12.0. The predicted molar refractivity (Wildman–Crippen MR) is 131 cm³/mol. The third-order valence-corrected chi connectivity index (χ3v) is 6.26. The molecule has 0 aromatic heterocycles. The molecule has 3 aromatic rings. The first kappa shape index (κ1) is 21.6. The monoisotopic (exact) mass is 424 g/mol. The molecule has 0 aliphatic carbocycles. The van der Waals surface area contributed by atoms with Gasteiger partial charge in [-0.15, -0.1) is 0 Å². The Balaban J connectivity index is 1.88. The molecule has 0 radical (unpaired) electrons. The summed E-state index contributed by atoms with van der Waals surface area (Å²) < 4.78 is 0. The van der Waals surface area contributed by atoms with E-state index in [0.717, 1.165) is 39.1 Å². The maximum Gasteiger partial charge on any atom is 0.282 e. The predicted octanol–water partition coefficient (Wildman–Crippen LogP) is 5.93. The number of rotatable bonds is 4. The van der Waals surface area contributed by atoms with E-state index in [9.17, 15) is 9.59 Å². The molecule has 1 aliphatic rings. The molecule has 4 heteroatoms. The molecule has 4 nitrogen and oxygen atoms in total. The first-order valence-electron chi connectivity index (χ1n) is 10.8. The van der Waals surface area contributed by atoms with Crippen molar-refractivity contribution in [2.45, 2.75) is 41.5 Å². The molecule has 3 aromatic carbocycles. The average molecular weight is 425 g/mol. The van der Waals surface area contributed by atoms with Crippen LogP contribution in [-0.2, 0) is 9.59 Å². The topological polar surface area (TPSA) is 49.4 Å². The van der Waals surface area contributed by atoms with Crippen LogP contribution in [0.5, 0.6) is 0 Å². The van der Waals surface area contributed by atoms with Gasteiger partial charge in [0.15, 0.2) is 0 Å². The Morgan fingerprint density at radius 2 is 1.25 bits per heavy atom. The Morgan fingerprint density at radius 3 is 1.91 bits per heavy atom. The Kier molecular flexibility index (Phi) is 5.47. The van der Waals surface area contributed by atoms with Crippen molar-refractivity contribution in [3.05, 3.63) is 99.2 Å². The van der Waals surface area contributed by atoms with E-state index in [1.807, 2.05) is 96.1 Å². The van der Waals surface area contributed by atoms with E-state index in [1.54, 1.807) is 0 Å². The second kappa shape index (κ2) is 8.12. The maximum atomic E-state index is 13.7. The van der Waals surface area contributed by atoms with Gasteiger partial charge in [0, 0.05) is 5.69 Å². The van der Waals surface area contributed by atoms with Gasteiger partial charge >= 0.3 is 0 Å². The van der Waals surface area contributed by atoms with Gasteiger partial charge in [-0.3, -0.25) is 9.59 Å². The number of imide groups is 1. The lowest BCUT2D eigenvalue weighted by Crippen LogP contribution is -2.33. The molecule has 32 heavy (non-hydrogen) atoms. The molecule has 0 saturated carbocycles. The van der Waals surface area contributed by atoms with Crippen molar-refractivity contribution < 1.29 is 9.59 Å². The first-order valence-corrected chi connectivity index (χ1v) is 10.8. The smallest absolute Gasteiger partial charge is 0.282 e. The zero-order valence-corrected chi connectivity index (χ0v) is 19.5. The van der Waals surface area contributed by atoms with Crippen molar-refractivity contribution in [3.63, 3.8) is 0 Å². The summed E-state index contributed by atoms with van der Waals surface area (Å²) in [5.41, 5.74) is 9.24. The van der Waals surface area contributed by atoms with Gasteiger partial charge in [-0.1, -0.05) is 36.4 Å². The van der Waals surface area contributed by atoms with Gasteiger partial charge in [0.1, 0.15) is 5.70 Å². The van der Waals surface area contributed by atoms with Gasteiger partial charge < -0.3 is 5.32 Å². The summed E-state index contributed by atoms with van der Waals surface area (Å²) >= 11 is 0. The van der Waals surface area contributed by atoms with E-state index in [2.05, 4.69) is 5.32 Å². The molecular formula is C28H28N2O2. The number of hydrogen-bond acceptors (Lipinski definition) is 3. The van der Waals surface area contributed by atoms with Crippen molar-refractivity contribution in [2.75, 3.05) is 10.2 Å². The Morgan fingerprint density at radius 1 is 0.625 bits per heavy atom. The zero-order chi connectivity index (χ0) is 23.2. The molecule has 0 fully saturated rings. The van der Waals surface area contributed by atoms with Crippen molar-refractivity contribution >= 4 is 28.8 Å². The van der Waals surface area contributed by atoms with Crippen LogP contribution in [0, 0.1) is 41.5 Å². The van der Waals surface area contributed by atoms with E-state index in [-0.39, 0.29) is 11.8 Å². The summed E-state index contributed by atoms with van der Waals surface area (Å²) in [5.74, 6) is -0.645. The number of amides is 2. The second-order valence-electron chi connectivity index (χ2n) is 8.71. The zero-order valence-electron chi connectivity index (χ0n) is 19.5. The van der Waals surface area contributed by atoms with Crippen LogP contribution in [0.25, 0.3) is 5.57 Å². The van der Waals surface area contributed by atoms with Crippen molar-refractivity contribution in [1.82, 2.24) is 0 Å². The number of anilines is 2. The molecule has 1 N–H and O–H groups in total. The minimum absolute atomic E-state index is 0.307. The highest BCUT2D eigenvalue weighted by atomic mass is 16.2. The number of benzene rings is 3. The van der Waals surface area contributed by atoms with E-state index >= 15 is 0 Å². The molecular weight excluding hydrogens is 396 g/mol. The lowest BCUT2D eigenvalue weighted by Gasteiger charge is -2.18. The van der Waals surface area contributed by atoms with Crippen molar-refractivity contribution in [1.29, 1.82) is 0 Å². The number of carbonyl (C=O) groups excluding carboxylic acids is 2. The molecule has 0 saturated heterocycles. The van der Waals surface area contributed by atoms with E-state index in [1.165, 1.54) is 10.5 Å². The van der Waals surface area contributed by atoms with Crippen LogP contribution in [0.1, 0.15) is 38.9 Å². The lowest BCUT2D eigenvalue weighted by molar-refractivity contribution is -0.120. The van der Waals surface area contributed by atoms with Gasteiger partial charge in [0.25, 0.3) is 11.8 Å². The fourth-order valence-electron chi connectivity index (χ4n) is 3.95. The van der Waals surface area contributed by atoms with Crippen LogP contribution in [0.3, 0.4) is 0 Å². The highest BCUT2D eigenvalue weighted by molar-refractivity contribution is 6.46. The molecule has 162 valence electrons. The summed E-state index contributed by atoms with van der Waals surface area (Å²) in [6.07, 6.45) is 0. The molecule has 4 rings (SSSR count). The van der Waals surface area contributed by atoms with Gasteiger partial charge in [0.05, 0.1) is 11.3 Å².